The number of rotatable bonds is 8. The standard InChI is InChI=1S/C28H26F2N2O5S/c1-18-25(20-11-7-13-23(37-2)26(20)30)27(33)31(16-15-19-9-5-4-6-10-19)28(34)32(18)17-21-22(29)12-8-14-24(21)38(3,35)36/h4-14H,15-17H2,1-3H3. The van der Waals surface area contributed by atoms with Crippen molar-refractivity contribution in [1.82, 2.24) is 9.13 Å². The van der Waals surface area contributed by atoms with E-state index in [0.29, 0.717) is 6.42 Å². The molecule has 0 amide bonds. The second kappa shape index (κ2) is 10.7. The van der Waals surface area contributed by atoms with Crippen LogP contribution in [0.25, 0.3) is 11.1 Å². The van der Waals surface area contributed by atoms with Crippen molar-refractivity contribution in [3.05, 3.63) is 116 Å². The highest BCUT2D eigenvalue weighted by atomic mass is 32.2. The third kappa shape index (κ3) is 5.17. The van der Waals surface area contributed by atoms with Gasteiger partial charge in [-0.1, -0.05) is 48.5 Å². The van der Waals surface area contributed by atoms with E-state index in [1.165, 1.54) is 44.4 Å². The second-order valence-electron chi connectivity index (χ2n) is 8.83. The number of hydrogen-bond acceptors (Lipinski definition) is 5. The molecule has 0 atom stereocenters. The van der Waals surface area contributed by atoms with Crippen LogP contribution in [0.2, 0.25) is 0 Å². The number of ether oxygens (including phenoxy) is 1. The van der Waals surface area contributed by atoms with Crippen molar-refractivity contribution in [2.24, 2.45) is 0 Å². The summed E-state index contributed by atoms with van der Waals surface area (Å²) in [6.07, 6.45) is 1.27. The van der Waals surface area contributed by atoms with Gasteiger partial charge in [0.15, 0.2) is 21.4 Å². The van der Waals surface area contributed by atoms with Crippen molar-refractivity contribution in [3.8, 4) is 16.9 Å². The van der Waals surface area contributed by atoms with Crippen molar-refractivity contribution in [2.75, 3.05) is 13.4 Å². The third-order valence-corrected chi connectivity index (χ3v) is 7.58. The van der Waals surface area contributed by atoms with E-state index in [1.807, 2.05) is 30.3 Å². The molecule has 1 heterocycles. The summed E-state index contributed by atoms with van der Waals surface area (Å²) in [5.41, 5.74) is -0.982. The molecule has 3 aromatic carbocycles. The summed E-state index contributed by atoms with van der Waals surface area (Å²) >= 11 is 0. The van der Waals surface area contributed by atoms with Crippen molar-refractivity contribution < 1.29 is 21.9 Å². The lowest BCUT2D eigenvalue weighted by Gasteiger charge is -2.19. The first kappa shape index (κ1) is 27.0. The fourth-order valence-electron chi connectivity index (χ4n) is 4.44. The number of methoxy groups -OCH3 is 1. The summed E-state index contributed by atoms with van der Waals surface area (Å²) in [7, 11) is -2.55. The van der Waals surface area contributed by atoms with Gasteiger partial charge in [-0.15, -0.1) is 0 Å². The molecule has 38 heavy (non-hydrogen) atoms. The molecule has 0 unspecified atom stereocenters. The molecule has 0 saturated carbocycles. The van der Waals surface area contributed by atoms with Crippen LogP contribution in [0.15, 0.2) is 81.2 Å². The maximum absolute atomic E-state index is 15.3. The van der Waals surface area contributed by atoms with Crippen LogP contribution in [0.5, 0.6) is 5.75 Å². The van der Waals surface area contributed by atoms with Crippen LogP contribution in [0.4, 0.5) is 8.78 Å². The van der Waals surface area contributed by atoms with Crippen LogP contribution in [0.1, 0.15) is 16.8 Å². The molecule has 0 aliphatic carbocycles. The average molecular weight is 541 g/mol. The summed E-state index contributed by atoms with van der Waals surface area (Å²) in [6, 6.07) is 17.1. The smallest absolute Gasteiger partial charge is 0.331 e. The van der Waals surface area contributed by atoms with Gasteiger partial charge in [-0.05, 0) is 37.1 Å². The molecule has 0 aliphatic heterocycles. The zero-order valence-electron chi connectivity index (χ0n) is 21.1. The fourth-order valence-corrected chi connectivity index (χ4v) is 5.37. The zero-order chi connectivity index (χ0) is 27.6. The molecule has 0 aliphatic rings. The molecule has 7 nitrogen and oxygen atoms in total. The van der Waals surface area contributed by atoms with Crippen molar-refractivity contribution in [1.29, 1.82) is 0 Å². The van der Waals surface area contributed by atoms with Gasteiger partial charge >= 0.3 is 5.69 Å². The molecule has 0 bridgehead atoms. The normalized spacial score (nSPS) is 11.5. The zero-order valence-corrected chi connectivity index (χ0v) is 21.9. The minimum Gasteiger partial charge on any atom is -0.494 e. The Balaban J connectivity index is 1.99. The van der Waals surface area contributed by atoms with Crippen molar-refractivity contribution >= 4 is 9.84 Å². The Morgan fingerprint density at radius 3 is 2.24 bits per heavy atom. The predicted octanol–water partition coefficient (Wildman–Crippen LogP) is 3.97. The molecular formula is C28H26F2N2O5S. The fraction of sp³-hybridized carbons (Fsp3) is 0.214. The summed E-state index contributed by atoms with van der Waals surface area (Å²) in [6.45, 7) is 0.931. The number of aryl methyl sites for hydroxylation is 1. The highest BCUT2D eigenvalue weighted by molar-refractivity contribution is 7.90. The van der Waals surface area contributed by atoms with Crippen molar-refractivity contribution in [2.45, 2.75) is 31.3 Å². The van der Waals surface area contributed by atoms with E-state index in [9.17, 15) is 22.4 Å². The minimum atomic E-state index is -3.84. The van der Waals surface area contributed by atoms with Crippen LogP contribution in [-0.4, -0.2) is 30.9 Å². The van der Waals surface area contributed by atoms with Gasteiger partial charge < -0.3 is 4.74 Å². The molecule has 4 aromatic rings. The summed E-state index contributed by atoms with van der Waals surface area (Å²) in [5.74, 6) is -1.71. The largest absolute Gasteiger partial charge is 0.494 e. The van der Waals surface area contributed by atoms with Crippen LogP contribution < -0.4 is 16.0 Å². The Kier molecular flexibility index (Phi) is 7.63. The van der Waals surface area contributed by atoms with Gasteiger partial charge in [-0.3, -0.25) is 13.9 Å². The number of hydrogen-bond donors (Lipinski definition) is 0. The SMILES string of the molecule is COc1cccc(-c2c(C)n(Cc3c(F)cccc3S(C)(=O)=O)c(=O)n(CCc3ccccc3)c2=O)c1F. The first-order chi connectivity index (χ1) is 18.0. The highest BCUT2D eigenvalue weighted by Gasteiger charge is 2.24. The van der Waals surface area contributed by atoms with Crippen LogP contribution in [0, 0.1) is 18.6 Å². The number of halogens is 2. The molecule has 0 radical (unpaired) electrons. The topological polar surface area (TPSA) is 87.4 Å². The first-order valence-electron chi connectivity index (χ1n) is 11.7. The van der Waals surface area contributed by atoms with Gasteiger partial charge in [-0.25, -0.2) is 22.0 Å². The van der Waals surface area contributed by atoms with E-state index in [-0.39, 0.29) is 39.6 Å². The van der Waals surface area contributed by atoms with Crippen molar-refractivity contribution in [3.63, 3.8) is 0 Å². The molecule has 0 saturated heterocycles. The van der Waals surface area contributed by atoms with Gasteiger partial charge in [0.1, 0.15) is 5.82 Å². The average Bonchev–Trinajstić information content (AvgIpc) is 2.88. The van der Waals surface area contributed by atoms with E-state index in [1.54, 1.807) is 0 Å². The van der Waals surface area contributed by atoms with Gasteiger partial charge in [0.25, 0.3) is 5.56 Å². The number of aromatic nitrogens is 2. The Morgan fingerprint density at radius 1 is 0.895 bits per heavy atom. The van der Waals surface area contributed by atoms with E-state index < -0.39 is 39.3 Å². The summed E-state index contributed by atoms with van der Waals surface area (Å²) < 4.78 is 62.2. The molecule has 10 heteroatoms. The van der Waals surface area contributed by atoms with E-state index >= 15 is 4.39 Å². The Labute approximate surface area is 218 Å². The van der Waals surface area contributed by atoms with E-state index in [2.05, 4.69) is 0 Å². The van der Waals surface area contributed by atoms with E-state index in [4.69, 9.17) is 4.74 Å². The van der Waals surface area contributed by atoms with Gasteiger partial charge in [-0.2, -0.15) is 0 Å². The van der Waals surface area contributed by atoms with Gasteiger partial charge in [0.05, 0.1) is 24.1 Å². The Bertz CT molecular complexity index is 1730. The number of sulfone groups is 1. The Hall–Kier alpha value is -4.05. The molecular weight excluding hydrogens is 514 g/mol. The molecule has 1 aromatic heterocycles. The monoisotopic (exact) mass is 540 g/mol. The number of benzene rings is 3. The summed E-state index contributed by atoms with van der Waals surface area (Å²) in [5, 5.41) is 0. The predicted molar refractivity (Wildman–Crippen MR) is 140 cm³/mol. The minimum absolute atomic E-state index is 0.0310. The molecule has 0 fully saturated rings. The molecule has 198 valence electrons. The maximum atomic E-state index is 15.3. The second-order valence-corrected chi connectivity index (χ2v) is 10.8. The molecule has 0 N–H and O–H groups in total. The van der Waals surface area contributed by atoms with Crippen LogP contribution >= 0.6 is 0 Å². The lowest BCUT2D eigenvalue weighted by Crippen LogP contribution is -2.43. The first-order valence-corrected chi connectivity index (χ1v) is 13.6. The maximum Gasteiger partial charge on any atom is 0.331 e. The summed E-state index contributed by atoms with van der Waals surface area (Å²) in [4.78, 5) is 27.0. The lowest BCUT2D eigenvalue weighted by atomic mass is 10.0. The highest BCUT2D eigenvalue weighted by Crippen LogP contribution is 2.29. The molecule has 4 rings (SSSR count). The third-order valence-electron chi connectivity index (χ3n) is 6.40. The lowest BCUT2D eigenvalue weighted by molar-refractivity contribution is 0.387. The Morgan fingerprint density at radius 2 is 1.58 bits per heavy atom. The van der Waals surface area contributed by atoms with E-state index in [0.717, 1.165) is 27.0 Å². The quantitative estimate of drug-likeness (QED) is 0.338. The molecule has 0 spiro atoms. The van der Waals surface area contributed by atoms with Crippen LogP contribution in [-0.2, 0) is 29.3 Å². The van der Waals surface area contributed by atoms with Gasteiger partial charge in [0.2, 0.25) is 0 Å². The number of nitrogens with zero attached hydrogens (tertiary/aromatic N) is 2. The van der Waals surface area contributed by atoms with Crippen LogP contribution in [0.3, 0.4) is 0 Å². The van der Waals surface area contributed by atoms with Gasteiger partial charge in [0, 0.05) is 29.6 Å².